The van der Waals surface area contributed by atoms with Crippen LogP contribution in [0.3, 0.4) is 0 Å². The molecule has 1 aromatic rings. The van der Waals surface area contributed by atoms with Gasteiger partial charge in [0.1, 0.15) is 0 Å². The highest BCUT2D eigenvalue weighted by molar-refractivity contribution is 5.40. The molecule has 1 aromatic carbocycles. The molecular formula is C19H29N. The van der Waals surface area contributed by atoms with Crippen molar-refractivity contribution in [3.8, 4) is 0 Å². The van der Waals surface area contributed by atoms with E-state index in [0.29, 0.717) is 6.04 Å². The minimum atomic E-state index is 0.586. The third kappa shape index (κ3) is 2.65. The molecule has 0 heterocycles. The quantitative estimate of drug-likeness (QED) is 0.818. The second-order valence-corrected chi connectivity index (χ2v) is 7.23. The van der Waals surface area contributed by atoms with Gasteiger partial charge in [0.2, 0.25) is 0 Å². The number of benzene rings is 1. The first-order valence-electron chi connectivity index (χ1n) is 8.41. The van der Waals surface area contributed by atoms with Gasteiger partial charge >= 0.3 is 0 Å². The molecule has 0 radical (unpaired) electrons. The number of rotatable bonds is 5. The fraction of sp³-hybridized carbons (Fsp3) is 0.684. The van der Waals surface area contributed by atoms with Crippen LogP contribution in [0.15, 0.2) is 12.1 Å². The number of hydrogen-bond donors (Lipinski definition) is 1. The number of nitrogens with one attached hydrogen (secondary N) is 1. The second kappa shape index (κ2) is 5.52. The average Bonchev–Trinajstić information content (AvgIpc) is 2.99. The Morgan fingerprint density at radius 2 is 1.65 bits per heavy atom. The summed E-state index contributed by atoms with van der Waals surface area (Å²) in [6, 6.07) is 5.31. The zero-order valence-electron chi connectivity index (χ0n) is 13.5. The Kier molecular flexibility index (Phi) is 3.90. The van der Waals surface area contributed by atoms with Crippen molar-refractivity contribution >= 4 is 0 Å². The molecule has 1 nitrogen and oxygen atoms in total. The standard InChI is InChI=1S/C19H29N/c1-5-6-20-19(17-10-15-9-16(15)11-17)18-13(3)7-12(2)8-14(18)4/h7-8,15-17,19-20H,5-6,9-11H2,1-4H3. The van der Waals surface area contributed by atoms with E-state index in [-0.39, 0.29) is 0 Å². The normalized spacial score (nSPS) is 29.3. The molecule has 0 amide bonds. The summed E-state index contributed by atoms with van der Waals surface area (Å²) < 4.78 is 0. The highest BCUT2D eigenvalue weighted by Crippen LogP contribution is 2.57. The van der Waals surface area contributed by atoms with Crippen molar-refractivity contribution in [2.24, 2.45) is 17.8 Å². The zero-order chi connectivity index (χ0) is 14.3. The summed E-state index contributed by atoms with van der Waals surface area (Å²) in [5.41, 5.74) is 5.95. The minimum Gasteiger partial charge on any atom is -0.310 e. The number of hydrogen-bond acceptors (Lipinski definition) is 1. The summed E-state index contributed by atoms with van der Waals surface area (Å²) in [5.74, 6) is 3.00. The lowest BCUT2D eigenvalue weighted by Crippen LogP contribution is -2.30. The van der Waals surface area contributed by atoms with Crippen LogP contribution in [0.25, 0.3) is 0 Å². The molecular weight excluding hydrogens is 242 g/mol. The molecule has 0 aliphatic heterocycles. The molecule has 2 fully saturated rings. The lowest BCUT2D eigenvalue weighted by Gasteiger charge is -2.29. The van der Waals surface area contributed by atoms with Gasteiger partial charge in [0.25, 0.3) is 0 Å². The summed E-state index contributed by atoms with van der Waals surface area (Å²) in [7, 11) is 0. The summed E-state index contributed by atoms with van der Waals surface area (Å²) in [4.78, 5) is 0. The van der Waals surface area contributed by atoms with Crippen LogP contribution in [-0.4, -0.2) is 6.54 Å². The maximum atomic E-state index is 3.87. The number of aryl methyl sites for hydroxylation is 3. The highest BCUT2D eigenvalue weighted by atomic mass is 14.9. The van der Waals surface area contributed by atoms with Crippen molar-refractivity contribution in [1.29, 1.82) is 0 Å². The van der Waals surface area contributed by atoms with Crippen LogP contribution in [-0.2, 0) is 0 Å². The minimum absolute atomic E-state index is 0.586. The molecule has 3 unspecified atom stereocenters. The average molecular weight is 271 g/mol. The summed E-state index contributed by atoms with van der Waals surface area (Å²) in [6.07, 6.45) is 5.65. The SMILES string of the molecule is CCCNC(c1c(C)cc(C)cc1C)C1CC2CC2C1. The van der Waals surface area contributed by atoms with Crippen molar-refractivity contribution in [1.82, 2.24) is 5.32 Å². The molecule has 3 rings (SSSR count). The van der Waals surface area contributed by atoms with Gasteiger partial charge in [0.05, 0.1) is 0 Å². The summed E-state index contributed by atoms with van der Waals surface area (Å²) in [6.45, 7) is 10.2. The molecule has 0 bridgehead atoms. The van der Waals surface area contributed by atoms with Crippen LogP contribution in [0.5, 0.6) is 0 Å². The van der Waals surface area contributed by atoms with E-state index in [1.807, 2.05) is 0 Å². The zero-order valence-corrected chi connectivity index (χ0v) is 13.5. The molecule has 20 heavy (non-hydrogen) atoms. The van der Waals surface area contributed by atoms with Crippen molar-refractivity contribution in [2.45, 2.75) is 59.4 Å². The van der Waals surface area contributed by atoms with Crippen LogP contribution in [0.4, 0.5) is 0 Å². The predicted molar refractivity (Wildman–Crippen MR) is 86.0 cm³/mol. The van der Waals surface area contributed by atoms with E-state index >= 15 is 0 Å². The molecule has 2 aliphatic rings. The van der Waals surface area contributed by atoms with Crippen LogP contribution in [0.1, 0.15) is 60.9 Å². The summed E-state index contributed by atoms with van der Waals surface area (Å²) in [5, 5.41) is 3.87. The fourth-order valence-electron chi connectivity index (χ4n) is 4.52. The first kappa shape index (κ1) is 14.1. The van der Waals surface area contributed by atoms with Gasteiger partial charge in [-0.1, -0.05) is 24.6 Å². The third-order valence-corrected chi connectivity index (χ3v) is 5.41. The Morgan fingerprint density at radius 1 is 1.05 bits per heavy atom. The molecule has 110 valence electrons. The van der Waals surface area contributed by atoms with E-state index in [1.54, 1.807) is 5.56 Å². The smallest absolute Gasteiger partial charge is 0.0354 e. The fourth-order valence-corrected chi connectivity index (χ4v) is 4.52. The van der Waals surface area contributed by atoms with Crippen molar-refractivity contribution in [2.75, 3.05) is 6.54 Å². The molecule has 1 heteroatoms. The van der Waals surface area contributed by atoms with E-state index in [9.17, 15) is 0 Å². The van der Waals surface area contributed by atoms with E-state index in [4.69, 9.17) is 0 Å². The molecule has 3 atom stereocenters. The molecule has 1 N–H and O–H groups in total. The molecule has 0 aromatic heterocycles. The maximum Gasteiger partial charge on any atom is 0.0354 e. The van der Waals surface area contributed by atoms with Gasteiger partial charge in [-0.3, -0.25) is 0 Å². The third-order valence-electron chi connectivity index (χ3n) is 5.41. The maximum absolute atomic E-state index is 3.87. The van der Waals surface area contributed by atoms with Gasteiger partial charge in [-0.25, -0.2) is 0 Å². The van der Waals surface area contributed by atoms with Gasteiger partial charge in [0, 0.05) is 6.04 Å². The van der Waals surface area contributed by atoms with Gasteiger partial charge < -0.3 is 5.32 Å². The summed E-state index contributed by atoms with van der Waals surface area (Å²) >= 11 is 0. The van der Waals surface area contributed by atoms with Gasteiger partial charge in [-0.05, 0) is 87.4 Å². The largest absolute Gasteiger partial charge is 0.310 e. The van der Waals surface area contributed by atoms with Gasteiger partial charge in [0.15, 0.2) is 0 Å². The van der Waals surface area contributed by atoms with Crippen LogP contribution < -0.4 is 5.32 Å². The monoisotopic (exact) mass is 271 g/mol. The molecule has 0 spiro atoms. The topological polar surface area (TPSA) is 12.0 Å². The van der Waals surface area contributed by atoms with Crippen LogP contribution >= 0.6 is 0 Å². The molecule has 2 aliphatic carbocycles. The Labute approximate surface area is 124 Å². The Bertz CT molecular complexity index is 458. The van der Waals surface area contributed by atoms with Gasteiger partial charge in [-0.2, -0.15) is 0 Å². The second-order valence-electron chi connectivity index (χ2n) is 7.23. The van der Waals surface area contributed by atoms with Crippen LogP contribution in [0, 0.1) is 38.5 Å². The van der Waals surface area contributed by atoms with E-state index in [0.717, 1.165) is 24.3 Å². The Hall–Kier alpha value is -0.820. The van der Waals surface area contributed by atoms with Crippen LogP contribution in [0.2, 0.25) is 0 Å². The van der Waals surface area contributed by atoms with Gasteiger partial charge in [-0.15, -0.1) is 0 Å². The van der Waals surface area contributed by atoms with E-state index in [1.165, 1.54) is 42.4 Å². The van der Waals surface area contributed by atoms with E-state index in [2.05, 4.69) is 45.1 Å². The first-order valence-corrected chi connectivity index (χ1v) is 8.41. The Balaban J connectivity index is 1.88. The lowest BCUT2D eigenvalue weighted by atomic mass is 9.84. The molecule has 0 saturated heterocycles. The van der Waals surface area contributed by atoms with Crippen molar-refractivity contribution in [3.63, 3.8) is 0 Å². The number of fused-ring (bicyclic) bond motifs is 1. The first-order chi connectivity index (χ1) is 9.60. The predicted octanol–water partition coefficient (Wildman–Crippen LogP) is 4.70. The van der Waals surface area contributed by atoms with E-state index < -0.39 is 0 Å². The lowest BCUT2D eigenvalue weighted by molar-refractivity contribution is 0.339. The van der Waals surface area contributed by atoms with Crippen molar-refractivity contribution in [3.05, 3.63) is 34.4 Å². The Morgan fingerprint density at radius 3 is 2.20 bits per heavy atom. The highest BCUT2D eigenvalue weighted by Gasteiger charge is 2.48. The molecule has 2 saturated carbocycles. The van der Waals surface area contributed by atoms with Crippen molar-refractivity contribution < 1.29 is 0 Å².